The molecule has 0 unspecified atom stereocenters. The fourth-order valence-electron chi connectivity index (χ4n) is 0.254. The molecule has 0 spiro atoms. The summed E-state index contributed by atoms with van der Waals surface area (Å²) in [6.07, 6.45) is 0. The van der Waals surface area contributed by atoms with Crippen molar-refractivity contribution in [3.8, 4) is 0 Å². The van der Waals surface area contributed by atoms with Crippen LogP contribution in [0.25, 0.3) is 0 Å². The Kier molecular flexibility index (Phi) is 13.2. The summed E-state index contributed by atoms with van der Waals surface area (Å²) in [6.45, 7) is 1.04. The highest BCUT2D eigenvalue weighted by Crippen LogP contribution is 1.88. The van der Waals surface area contributed by atoms with Gasteiger partial charge in [0.2, 0.25) is 0 Å². The Hall–Kier alpha value is -0.190. The van der Waals surface area contributed by atoms with Gasteiger partial charge in [0.25, 0.3) is 0 Å². The normalized spacial score (nSPS) is 9.00. The molecule has 2 amide bonds. The molecule has 0 aromatic heterocycles. The van der Waals surface area contributed by atoms with Gasteiger partial charge in [-0.2, -0.15) is 0 Å². The summed E-state index contributed by atoms with van der Waals surface area (Å²) in [5.74, 6) is 0.753. The second-order valence-electron chi connectivity index (χ2n) is 3.11. The molecular formula is C6H17Cl2N3O. The smallest absolute Gasteiger partial charge is 0.309 e. The maximum absolute atomic E-state index is 9.00. The molecule has 0 aliphatic carbocycles. The van der Waals surface area contributed by atoms with Crippen molar-refractivity contribution >= 4 is 17.6 Å². The van der Waals surface area contributed by atoms with Crippen LogP contribution in [0.3, 0.4) is 0 Å². The fourth-order valence-corrected chi connectivity index (χ4v) is 0.761. The number of halogens is 2. The lowest BCUT2D eigenvalue weighted by Gasteiger charge is -2.21. The van der Waals surface area contributed by atoms with Gasteiger partial charge in [-0.3, -0.25) is 0 Å². The molecule has 0 saturated heterocycles. The summed E-state index contributed by atoms with van der Waals surface area (Å²) in [5.41, 5.74) is 8.50. The minimum absolute atomic E-state index is 0. The van der Waals surface area contributed by atoms with E-state index in [1.165, 1.54) is 0 Å². The largest absolute Gasteiger partial charge is 1.00 e. The molecule has 0 saturated carbocycles. The molecule has 6 heteroatoms. The number of rotatable bonds is 2. The monoisotopic (exact) mass is 217 g/mol. The minimum atomic E-state index is -0.833. The van der Waals surface area contributed by atoms with E-state index in [2.05, 4.69) is 32.6 Å². The zero-order valence-corrected chi connectivity index (χ0v) is 9.19. The maximum Gasteiger partial charge on any atom is 0.309 e. The van der Waals surface area contributed by atoms with Crippen LogP contribution in [0.15, 0.2) is 0 Å². The van der Waals surface area contributed by atoms with Crippen LogP contribution in [-0.4, -0.2) is 44.1 Å². The Morgan fingerprint density at radius 2 is 1.58 bits per heavy atom. The first-order valence-electron chi connectivity index (χ1n) is 3.21. The number of nitrogens with two attached hydrogens (primary N) is 2. The summed E-state index contributed by atoms with van der Waals surface area (Å²) in [5, 5.41) is 0. The van der Waals surface area contributed by atoms with Gasteiger partial charge < -0.3 is 28.4 Å². The predicted octanol–water partition coefficient (Wildman–Crippen LogP) is -3.04. The molecule has 0 bridgehead atoms. The van der Waals surface area contributed by atoms with Crippen LogP contribution < -0.4 is 23.9 Å². The quantitative estimate of drug-likeness (QED) is 0.375. The van der Waals surface area contributed by atoms with Gasteiger partial charge in [-0.15, -0.1) is 11.6 Å². The van der Waals surface area contributed by atoms with Crippen molar-refractivity contribution in [1.82, 2.24) is 0 Å². The van der Waals surface area contributed by atoms with Crippen LogP contribution in [0.1, 0.15) is 0 Å². The number of alkyl halides is 1. The number of carbonyl (C=O) groups is 1. The molecule has 0 aromatic rings. The van der Waals surface area contributed by atoms with E-state index < -0.39 is 6.03 Å². The van der Waals surface area contributed by atoms with E-state index in [9.17, 15) is 0 Å². The van der Waals surface area contributed by atoms with Crippen molar-refractivity contribution < 1.29 is 21.7 Å². The van der Waals surface area contributed by atoms with Crippen molar-refractivity contribution in [2.24, 2.45) is 11.5 Å². The van der Waals surface area contributed by atoms with Crippen molar-refractivity contribution in [1.29, 1.82) is 0 Å². The Labute approximate surface area is 84.8 Å². The number of primary amides is 2. The first kappa shape index (κ1) is 17.8. The van der Waals surface area contributed by atoms with E-state index >= 15 is 0 Å². The van der Waals surface area contributed by atoms with Crippen LogP contribution in [0.4, 0.5) is 4.79 Å². The number of carbonyl (C=O) groups excluding carboxylic acids is 1. The third kappa shape index (κ3) is 52.5. The molecule has 0 radical (unpaired) electrons. The second-order valence-corrected chi connectivity index (χ2v) is 3.48. The van der Waals surface area contributed by atoms with Crippen molar-refractivity contribution in [3.05, 3.63) is 0 Å². The third-order valence-electron chi connectivity index (χ3n) is 0.755. The number of quaternary nitrogens is 1. The Bertz CT molecular complexity index is 110. The third-order valence-corrected chi connectivity index (χ3v) is 0.924. The number of hydrogen-bond acceptors (Lipinski definition) is 1. The molecule has 0 rings (SSSR count). The van der Waals surface area contributed by atoms with Crippen LogP contribution in [-0.2, 0) is 0 Å². The van der Waals surface area contributed by atoms with Gasteiger partial charge in [0.05, 0.1) is 33.6 Å². The lowest BCUT2D eigenvalue weighted by atomic mass is 10.6. The molecule has 0 atom stereocenters. The topological polar surface area (TPSA) is 69.1 Å². The summed E-state index contributed by atoms with van der Waals surface area (Å²) in [4.78, 5) is 9.00. The van der Waals surface area contributed by atoms with E-state index in [0.29, 0.717) is 0 Å². The number of hydrogen-bond donors (Lipinski definition) is 2. The van der Waals surface area contributed by atoms with Gasteiger partial charge in [-0.05, 0) is 0 Å². The zero-order chi connectivity index (χ0) is 9.49. The number of amides is 2. The Morgan fingerprint density at radius 1 is 1.33 bits per heavy atom. The van der Waals surface area contributed by atoms with Crippen LogP contribution in [0.2, 0.25) is 0 Å². The molecule has 0 fully saturated rings. The molecule has 4 N–H and O–H groups in total. The average Bonchev–Trinajstić information content (AvgIpc) is 1.58. The lowest BCUT2D eigenvalue weighted by Crippen LogP contribution is -3.00. The summed E-state index contributed by atoms with van der Waals surface area (Å²) in [6, 6.07) is -0.833. The van der Waals surface area contributed by atoms with Crippen molar-refractivity contribution in [2.45, 2.75) is 0 Å². The number of urea groups is 1. The second kappa shape index (κ2) is 8.90. The number of nitrogens with zero attached hydrogens (tertiary/aromatic N) is 1. The van der Waals surface area contributed by atoms with Crippen molar-refractivity contribution in [3.63, 3.8) is 0 Å². The molecule has 0 aliphatic rings. The highest BCUT2D eigenvalue weighted by molar-refractivity contribution is 6.17. The first-order chi connectivity index (χ1) is 4.79. The molecule has 0 heterocycles. The highest BCUT2D eigenvalue weighted by atomic mass is 35.5. The van der Waals surface area contributed by atoms with Crippen molar-refractivity contribution in [2.75, 3.05) is 33.6 Å². The first-order valence-corrected chi connectivity index (χ1v) is 3.74. The summed E-state index contributed by atoms with van der Waals surface area (Å²) >= 11 is 5.47. The summed E-state index contributed by atoms with van der Waals surface area (Å²) in [7, 11) is 6.38. The van der Waals surface area contributed by atoms with Gasteiger partial charge in [0.1, 0.15) is 0 Å². The molecule has 4 nitrogen and oxygen atoms in total. The Morgan fingerprint density at radius 3 is 1.58 bits per heavy atom. The van der Waals surface area contributed by atoms with E-state index in [0.717, 1.165) is 16.9 Å². The van der Waals surface area contributed by atoms with Gasteiger partial charge in [-0.25, -0.2) is 4.79 Å². The van der Waals surface area contributed by atoms with Gasteiger partial charge in [0.15, 0.2) is 0 Å². The van der Waals surface area contributed by atoms with Gasteiger partial charge in [0, 0.05) is 0 Å². The maximum atomic E-state index is 9.00. The summed E-state index contributed by atoms with van der Waals surface area (Å²) < 4.78 is 0.962. The lowest BCUT2D eigenvalue weighted by molar-refractivity contribution is -0.867. The van der Waals surface area contributed by atoms with E-state index in [1.807, 2.05) is 0 Å². The van der Waals surface area contributed by atoms with Gasteiger partial charge in [-0.1, -0.05) is 0 Å². The van der Waals surface area contributed by atoms with E-state index in [4.69, 9.17) is 16.4 Å². The van der Waals surface area contributed by atoms with Crippen LogP contribution >= 0.6 is 11.6 Å². The van der Waals surface area contributed by atoms with Gasteiger partial charge >= 0.3 is 6.03 Å². The molecule has 0 aliphatic heterocycles. The molecule has 76 valence electrons. The molecule has 0 aromatic carbocycles. The van der Waals surface area contributed by atoms with E-state index in [1.54, 1.807) is 0 Å². The SMILES string of the molecule is C[N+](C)(C)CCCl.NC(N)=O.[Cl-]. The standard InChI is InChI=1S/C5H13ClN.CH4N2O.ClH/c1-7(2,3)5-4-6;2-1(3)4;/h4-5H2,1-3H3;(H4,2,3,4);1H/q+1;;/p-1. The minimum Gasteiger partial charge on any atom is -1.00 e. The van der Waals surface area contributed by atoms with Crippen LogP contribution in [0, 0.1) is 0 Å². The van der Waals surface area contributed by atoms with E-state index in [-0.39, 0.29) is 12.4 Å². The predicted molar refractivity (Wildman–Crippen MR) is 47.4 cm³/mol. The fraction of sp³-hybridized carbons (Fsp3) is 0.833. The zero-order valence-electron chi connectivity index (χ0n) is 7.68. The highest BCUT2D eigenvalue weighted by Gasteiger charge is 2.02. The molecule has 12 heavy (non-hydrogen) atoms. The Balaban J connectivity index is -0.000000142. The van der Waals surface area contributed by atoms with Crippen LogP contribution in [0.5, 0.6) is 0 Å². The molecular weight excluding hydrogens is 201 g/mol. The average molecular weight is 218 g/mol.